The van der Waals surface area contributed by atoms with Gasteiger partial charge in [0.05, 0.1) is 23.9 Å². The van der Waals surface area contributed by atoms with E-state index in [0.29, 0.717) is 11.2 Å². The first-order chi connectivity index (χ1) is 9.22. The number of nitrogens with one attached hydrogen (secondary N) is 1. The lowest BCUT2D eigenvalue weighted by Gasteiger charge is -2.40. The predicted octanol–water partition coefficient (Wildman–Crippen LogP) is 0.131. The Bertz CT molecular complexity index is 464. The average molecular weight is 283 g/mol. The number of aliphatic hydroxyl groups excluding tert-OH is 1. The van der Waals surface area contributed by atoms with Crippen molar-refractivity contribution in [3.05, 3.63) is 0 Å². The normalized spacial score (nSPS) is 20.9. The molecule has 0 aromatic carbocycles. The van der Waals surface area contributed by atoms with Crippen molar-refractivity contribution < 1.29 is 9.90 Å². The molecule has 2 aliphatic carbocycles. The molecule has 19 heavy (non-hydrogen) atoms. The number of aromatic nitrogens is 4. The summed E-state index contributed by atoms with van der Waals surface area (Å²) in [4.78, 5) is 11.9. The van der Waals surface area contributed by atoms with Crippen LogP contribution in [-0.2, 0) is 4.79 Å². The van der Waals surface area contributed by atoms with E-state index >= 15 is 0 Å². The van der Waals surface area contributed by atoms with Gasteiger partial charge in [0, 0.05) is 0 Å². The molecule has 0 saturated heterocycles. The molecule has 0 bridgehead atoms. The van der Waals surface area contributed by atoms with E-state index in [2.05, 4.69) is 20.8 Å². The fraction of sp³-hybridized carbons (Fsp3) is 0.818. The molecule has 104 valence electrons. The fourth-order valence-corrected chi connectivity index (χ4v) is 2.96. The Kier molecular flexibility index (Phi) is 3.44. The summed E-state index contributed by atoms with van der Waals surface area (Å²) < 4.78 is 1.79. The number of rotatable bonds is 6. The number of tetrazole rings is 1. The lowest BCUT2D eigenvalue weighted by atomic mass is 9.77. The average Bonchev–Trinajstić information content (AvgIpc) is 3.10. The molecule has 1 aromatic heterocycles. The molecule has 0 aliphatic heterocycles. The minimum Gasteiger partial charge on any atom is -0.394 e. The summed E-state index contributed by atoms with van der Waals surface area (Å²) in [5, 5.41) is 24.4. The Hall–Kier alpha value is -1.15. The van der Waals surface area contributed by atoms with E-state index in [0.717, 1.165) is 32.1 Å². The molecule has 8 heteroatoms. The first-order valence-electron chi connectivity index (χ1n) is 6.55. The van der Waals surface area contributed by atoms with Crippen LogP contribution in [0.1, 0.15) is 38.1 Å². The molecule has 1 heterocycles. The van der Waals surface area contributed by atoms with Gasteiger partial charge in [0.1, 0.15) is 0 Å². The number of hydrogen-bond acceptors (Lipinski definition) is 6. The maximum Gasteiger partial charge on any atom is 0.230 e. The highest BCUT2D eigenvalue weighted by Crippen LogP contribution is 2.36. The van der Waals surface area contributed by atoms with Gasteiger partial charge >= 0.3 is 0 Å². The fourth-order valence-electron chi connectivity index (χ4n) is 2.22. The van der Waals surface area contributed by atoms with E-state index in [9.17, 15) is 9.90 Å². The van der Waals surface area contributed by atoms with Crippen molar-refractivity contribution in [2.45, 2.75) is 48.8 Å². The van der Waals surface area contributed by atoms with Gasteiger partial charge < -0.3 is 10.4 Å². The SMILES string of the molecule is O=C(CSc1nnnn1C1CC1)NC1(CO)CCC1. The predicted molar refractivity (Wildman–Crippen MR) is 68.6 cm³/mol. The number of aliphatic hydroxyl groups is 1. The van der Waals surface area contributed by atoms with Crippen molar-refractivity contribution >= 4 is 17.7 Å². The van der Waals surface area contributed by atoms with Gasteiger partial charge in [-0.05, 0) is 42.5 Å². The standard InChI is InChI=1S/C11H17N5O2S/c17-7-11(4-1-5-11)12-9(18)6-19-10-13-14-15-16(10)8-2-3-8/h8,17H,1-7H2,(H,12,18). The minimum absolute atomic E-state index is 0.0171. The third-order valence-electron chi connectivity index (χ3n) is 3.71. The summed E-state index contributed by atoms with van der Waals surface area (Å²) in [7, 11) is 0. The Labute approximate surface area is 115 Å². The van der Waals surface area contributed by atoms with Gasteiger partial charge in [-0.3, -0.25) is 4.79 Å². The van der Waals surface area contributed by atoms with Gasteiger partial charge in [-0.2, -0.15) is 0 Å². The Morgan fingerprint density at radius 1 is 1.53 bits per heavy atom. The Balaban J connectivity index is 1.51. The number of amides is 1. The van der Waals surface area contributed by atoms with Crippen LogP contribution in [0, 0.1) is 0 Å². The second-order valence-electron chi connectivity index (χ2n) is 5.27. The topological polar surface area (TPSA) is 92.9 Å². The summed E-state index contributed by atoms with van der Waals surface area (Å²) in [5.74, 6) is 0.221. The largest absolute Gasteiger partial charge is 0.394 e. The van der Waals surface area contributed by atoms with Crippen molar-refractivity contribution in [1.29, 1.82) is 0 Å². The van der Waals surface area contributed by atoms with Crippen LogP contribution in [0.25, 0.3) is 0 Å². The molecule has 2 saturated carbocycles. The van der Waals surface area contributed by atoms with Crippen LogP contribution < -0.4 is 5.32 Å². The second kappa shape index (κ2) is 5.09. The summed E-state index contributed by atoms with van der Waals surface area (Å²) >= 11 is 1.35. The van der Waals surface area contributed by atoms with Crippen molar-refractivity contribution in [1.82, 2.24) is 25.5 Å². The number of thioether (sulfide) groups is 1. The Morgan fingerprint density at radius 3 is 2.89 bits per heavy atom. The maximum absolute atomic E-state index is 11.9. The molecule has 0 spiro atoms. The number of carbonyl (C=O) groups excluding carboxylic acids is 1. The third-order valence-corrected chi connectivity index (χ3v) is 4.64. The summed E-state index contributed by atoms with van der Waals surface area (Å²) in [5.41, 5.74) is -0.375. The zero-order valence-electron chi connectivity index (χ0n) is 10.6. The molecule has 0 unspecified atom stereocenters. The van der Waals surface area contributed by atoms with E-state index in [1.165, 1.54) is 11.8 Å². The molecule has 2 N–H and O–H groups in total. The quantitative estimate of drug-likeness (QED) is 0.721. The third kappa shape index (κ3) is 2.74. The summed E-state index contributed by atoms with van der Waals surface area (Å²) in [6, 6.07) is 0.413. The summed E-state index contributed by atoms with van der Waals surface area (Å²) in [6.07, 6.45) is 5.00. The van der Waals surface area contributed by atoms with Crippen molar-refractivity contribution in [3.63, 3.8) is 0 Å². The van der Waals surface area contributed by atoms with Gasteiger partial charge in [0.25, 0.3) is 0 Å². The van der Waals surface area contributed by atoms with E-state index in [1.54, 1.807) is 4.68 Å². The smallest absolute Gasteiger partial charge is 0.230 e. The Morgan fingerprint density at radius 2 is 2.32 bits per heavy atom. The lowest BCUT2D eigenvalue weighted by Crippen LogP contribution is -2.56. The van der Waals surface area contributed by atoms with Gasteiger partial charge in [-0.1, -0.05) is 11.8 Å². The van der Waals surface area contributed by atoms with Crippen LogP contribution >= 0.6 is 11.8 Å². The first kappa shape index (κ1) is 12.9. The van der Waals surface area contributed by atoms with Crippen LogP contribution in [0.3, 0.4) is 0 Å². The second-order valence-corrected chi connectivity index (χ2v) is 6.21. The van der Waals surface area contributed by atoms with E-state index in [-0.39, 0.29) is 23.8 Å². The molecular weight excluding hydrogens is 266 g/mol. The molecule has 3 rings (SSSR count). The molecule has 1 aromatic rings. The van der Waals surface area contributed by atoms with Crippen molar-refractivity contribution in [2.75, 3.05) is 12.4 Å². The number of carbonyl (C=O) groups is 1. The summed E-state index contributed by atoms with van der Waals surface area (Å²) in [6.45, 7) is 0.0171. The molecule has 2 aliphatic rings. The zero-order chi connectivity index (χ0) is 13.3. The van der Waals surface area contributed by atoms with Gasteiger partial charge in [0.15, 0.2) is 0 Å². The minimum atomic E-state index is -0.375. The molecule has 0 radical (unpaired) electrons. The monoisotopic (exact) mass is 283 g/mol. The van der Waals surface area contributed by atoms with Crippen molar-refractivity contribution in [3.8, 4) is 0 Å². The lowest BCUT2D eigenvalue weighted by molar-refractivity contribution is -0.122. The first-order valence-corrected chi connectivity index (χ1v) is 7.53. The van der Waals surface area contributed by atoms with Crippen LogP contribution in [0.5, 0.6) is 0 Å². The van der Waals surface area contributed by atoms with Crippen LogP contribution in [0.2, 0.25) is 0 Å². The molecule has 1 amide bonds. The highest BCUT2D eigenvalue weighted by atomic mass is 32.2. The van der Waals surface area contributed by atoms with E-state index in [4.69, 9.17) is 0 Å². The molecule has 7 nitrogen and oxygen atoms in total. The van der Waals surface area contributed by atoms with E-state index in [1.807, 2.05) is 0 Å². The zero-order valence-corrected chi connectivity index (χ0v) is 11.4. The molecule has 2 fully saturated rings. The van der Waals surface area contributed by atoms with E-state index < -0.39 is 0 Å². The van der Waals surface area contributed by atoms with Crippen LogP contribution in [0.4, 0.5) is 0 Å². The van der Waals surface area contributed by atoms with Crippen molar-refractivity contribution in [2.24, 2.45) is 0 Å². The molecular formula is C11H17N5O2S. The van der Waals surface area contributed by atoms with Crippen LogP contribution in [0.15, 0.2) is 5.16 Å². The molecule has 0 atom stereocenters. The highest BCUT2D eigenvalue weighted by Gasteiger charge is 2.37. The van der Waals surface area contributed by atoms with Gasteiger partial charge in [-0.15, -0.1) is 5.10 Å². The van der Waals surface area contributed by atoms with Crippen LogP contribution in [-0.4, -0.2) is 49.1 Å². The van der Waals surface area contributed by atoms with Gasteiger partial charge in [-0.25, -0.2) is 4.68 Å². The number of nitrogens with zero attached hydrogens (tertiary/aromatic N) is 4. The van der Waals surface area contributed by atoms with Gasteiger partial charge in [0.2, 0.25) is 11.1 Å². The highest BCUT2D eigenvalue weighted by molar-refractivity contribution is 7.99. The maximum atomic E-state index is 11.9. The number of hydrogen-bond donors (Lipinski definition) is 2.